The van der Waals surface area contributed by atoms with E-state index in [9.17, 15) is 9.90 Å². The number of carbonyl (C=O) groups excluding carboxylic acids is 1. The maximum absolute atomic E-state index is 12.0. The standard InChI is InChI=1S/C16H18O2/c1-11(2)3-8-16(18)14-5-4-13-10-15(17)7-6-12(13)9-14/h4-7,9-11,17H,3,8H2,1-2H3. The van der Waals surface area contributed by atoms with Gasteiger partial charge in [-0.05, 0) is 41.3 Å². The van der Waals surface area contributed by atoms with Gasteiger partial charge in [-0.15, -0.1) is 0 Å². The highest BCUT2D eigenvalue weighted by Gasteiger charge is 2.07. The highest BCUT2D eigenvalue weighted by molar-refractivity contribution is 6.00. The molecule has 0 unspecified atom stereocenters. The molecule has 0 amide bonds. The molecular weight excluding hydrogens is 224 g/mol. The molecule has 0 atom stereocenters. The first-order chi connectivity index (χ1) is 8.56. The van der Waals surface area contributed by atoms with E-state index < -0.39 is 0 Å². The van der Waals surface area contributed by atoms with Crippen LogP contribution in [0.4, 0.5) is 0 Å². The van der Waals surface area contributed by atoms with E-state index in [-0.39, 0.29) is 11.5 Å². The average Bonchev–Trinajstić information content (AvgIpc) is 2.35. The number of hydrogen-bond donors (Lipinski definition) is 1. The first kappa shape index (κ1) is 12.6. The second-order valence-electron chi connectivity index (χ2n) is 5.10. The van der Waals surface area contributed by atoms with Crippen LogP contribution >= 0.6 is 0 Å². The van der Waals surface area contributed by atoms with Crippen molar-refractivity contribution < 1.29 is 9.90 Å². The van der Waals surface area contributed by atoms with Crippen molar-refractivity contribution in [1.82, 2.24) is 0 Å². The maximum Gasteiger partial charge on any atom is 0.162 e. The smallest absolute Gasteiger partial charge is 0.162 e. The van der Waals surface area contributed by atoms with Crippen LogP contribution in [-0.2, 0) is 0 Å². The van der Waals surface area contributed by atoms with Crippen LogP contribution in [-0.4, -0.2) is 10.9 Å². The van der Waals surface area contributed by atoms with Crippen molar-refractivity contribution in [3.8, 4) is 5.75 Å². The number of phenolic OH excluding ortho intramolecular Hbond substituents is 1. The molecule has 94 valence electrons. The summed E-state index contributed by atoms with van der Waals surface area (Å²) in [7, 11) is 0. The Kier molecular flexibility index (Phi) is 3.66. The number of Topliss-reactive ketones (excluding diaryl/α,β-unsaturated/α-hetero) is 1. The molecule has 2 aromatic rings. The summed E-state index contributed by atoms with van der Waals surface area (Å²) >= 11 is 0. The lowest BCUT2D eigenvalue weighted by Gasteiger charge is -2.05. The fourth-order valence-electron chi connectivity index (χ4n) is 1.97. The van der Waals surface area contributed by atoms with Crippen LogP contribution in [0.2, 0.25) is 0 Å². The summed E-state index contributed by atoms with van der Waals surface area (Å²) in [6.45, 7) is 4.24. The van der Waals surface area contributed by atoms with Crippen LogP contribution in [0.1, 0.15) is 37.0 Å². The van der Waals surface area contributed by atoms with Gasteiger partial charge >= 0.3 is 0 Å². The summed E-state index contributed by atoms with van der Waals surface area (Å²) in [4.78, 5) is 12.0. The largest absolute Gasteiger partial charge is 0.508 e. The van der Waals surface area contributed by atoms with Crippen LogP contribution in [0.25, 0.3) is 10.8 Å². The third-order valence-corrected chi connectivity index (χ3v) is 3.09. The topological polar surface area (TPSA) is 37.3 Å². The molecule has 0 aliphatic carbocycles. The third kappa shape index (κ3) is 2.89. The third-order valence-electron chi connectivity index (χ3n) is 3.09. The average molecular weight is 242 g/mol. The normalized spacial score (nSPS) is 11.1. The fraction of sp³-hybridized carbons (Fsp3) is 0.312. The van der Waals surface area contributed by atoms with Gasteiger partial charge in [-0.2, -0.15) is 0 Å². The van der Waals surface area contributed by atoms with Crippen molar-refractivity contribution in [2.75, 3.05) is 0 Å². The van der Waals surface area contributed by atoms with Gasteiger partial charge in [-0.3, -0.25) is 4.79 Å². The number of phenols is 1. The Labute approximate surface area is 107 Å². The Morgan fingerprint density at radius 3 is 2.50 bits per heavy atom. The minimum Gasteiger partial charge on any atom is -0.508 e. The van der Waals surface area contributed by atoms with E-state index in [1.165, 1.54) is 0 Å². The molecule has 2 aromatic carbocycles. The molecule has 2 nitrogen and oxygen atoms in total. The zero-order valence-corrected chi connectivity index (χ0v) is 10.8. The van der Waals surface area contributed by atoms with Crippen LogP contribution in [0, 0.1) is 5.92 Å². The lowest BCUT2D eigenvalue weighted by atomic mass is 9.99. The molecule has 0 saturated carbocycles. The van der Waals surface area contributed by atoms with Crippen LogP contribution in [0.15, 0.2) is 36.4 Å². The van der Waals surface area contributed by atoms with Gasteiger partial charge in [0.15, 0.2) is 5.78 Å². The molecule has 2 rings (SSSR count). The Morgan fingerprint density at radius 2 is 1.78 bits per heavy atom. The molecule has 0 aromatic heterocycles. The van der Waals surface area contributed by atoms with Gasteiger partial charge in [-0.1, -0.05) is 32.0 Å². The predicted octanol–water partition coefficient (Wildman–Crippen LogP) is 4.16. The monoisotopic (exact) mass is 242 g/mol. The molecule has 2 heteroatoms. The van der Waals surface area contributed by atoms with Crippen LogP contribution in [0.3, 0.4) is 0 Å². The molecule has 0 spiro atoms. The van der Waals surface area contributed by atoms with Gasteiger partial charge < -0.3 is 5.11 Å². The first-order valence-electron chi connectivity index (χ1n) is 6.32. The number of benzene rings is 2. The van der Waals surface area contributed by atoms with Crippen molar-refractivity contribution in [3.05, 3.63) is 42.0 Å². The second-order valence-corrected chi connectivity index (χ2v) is 5.10. The van der Waals surface area contributed by atoms with Gasteiger partial charge in [0.25, 0.3) is 0 Å². The Hall–Kier alpha value is -1.83. The summed E-state index contributed by atoms with van der Waals surface area (Å²) in [5.74, 6) is 0.992. The van der Waals surface area contributed by atoms with Crippen molar-refractivity contribution in [2.24, 2.45) is 5.92 Å². The number of ketones is 1. The second kappa shape index (κ2) is 5.21. The Bertz CT molecular complexity index is 570. The first-order valence-corrected chi connectivity index (χ1v) is 6.32. The molecule has 18 heavy (non-hydrogen) atoms. The predicted molar refractivity (Wildman–Crippen MR) is 74.0 cm³/mol. The molecule has 0 radical (unpaired) electrons. The number of fused-ring (bicyclic) bond motifs is 1. The summed E-state index contributed by atoms with van der Waals surface area (Å²) < 4.78 is 0. The molecule has 0 bridgehead atoms. The molecule has 0 aliphatic heterocycles. The molecule has 0 saturated heterocycles. The highest BCUT2D eigenvalue weighted by atomic mass is 16.3. The van der Waals surface area contributed by atoms with Gasteiger partial charge in [0.2, 0.25) is 0 Å². The van der Waals surface area contributed by atoms with E-state index >= 15 is 0 Å². The van der Waals surface area contributed by atoms with Gasteiger partial charge in [-0.25, -0.2) is 0 Å². The molecular formula is C16H18O2. The minimum atomic E-state index is 0.193. The minimum absolute atomic E-state index is 0.193. The molecule has 0 aliphatic rings. The summed E-state index contributed by atoms with van der Waals surface area (Å²) in [6.07, 6.45) is 1.52. The maximum atomic E-state index is 12.0. The molecule has 0 heterocycles. The number of carbonyl (C=O) groups is 1. The Morgan fingerprint density at radius 1 is 1.11 bits per heavy atom. The zero-order chi connectivity index (χ0) is 13.1. The van der Waals surface area contributed by atoms with E-state index in [0.717, 1.165) is 22.8 Å². The number of rotatable bonds is 4. The molecule has 0 fully saturated rings. The van der Waals surface area contributed by atoms with E-state index in [2.05, 4.69) is 13.8 Å². The van der Waals surface area contributed by atoms with E-state index in [4.69, 9.17) is 0 Å². The number of aromatic hydroxyl groups is 1. The van der Waals surface area contributed by atoms with Crippen molar-refractivity contribution >= 4 is 16.6 Å². The molecule has 1 N–H and O–H groups in total. The summed E-state index contributed by atoms with van der Waals surface area (Å²) in [6, 6.07) is 10.8. The highest BCUT2D eigenvalue weighted by Crippen LogP contribution is 2.22. The van der Waals surface area contributed by atoms with Crippen LogP contribution < -0.4 is 0 Å². The van der Waals surface area contributed by atoms with Crippen molar-refractivity contribution in [1.29, 1.82) is 0 Å². The van der Waals surface area contributed by atoms with Crippen molar-refractivity contribution in [2.45, 2.75) is 26.7 Å². The Balaban J connectivity index is 2.24. The quantitative estimate of drug-likeness (QED) is 0.817. The van der Waals surface area contributed by atoms with Gasteiger partial charge in [0.05, 0.1) is 0 Å². The lowest BCUT2D eigenvalue weighted by Crippen LogP contribution is -2.01. The fourth-order valence-corrected chi connectivity index (χ4v) is 1.97. The van der Waals surface area contributed by atoms with Crippen LogP contribution in [0.5, 0.6) is 5.75 Å². The lowest BCUT2D eigenvalue weighted by molar-refractivity contribution is 0.0975. The van der Waals surface area contributed by atoms with E-state index in [1.807, 2.05) is 24.3 Å². The number of hydrogen-bond acceptors (Lipinski definition) is 2. The van der Waals surface area contributed by atoms with E-state index in [0.29, 0.717) is 12.3 Å². The zero-order valence-electron chi connectivity index (χ0n) is 10.8. The van der Waals surface area contributed by atoms with Gasteiger partial charge in [0, 0.05) is 12.0 Å². The summed E-state index contributed by atoms with van der Waals surface area (Å²) in [5, 5.41) is 11.3. The summed E-state index contributed by atoms with van der Waals surface area (Å²) in [5.41, 5.74) is 0.758. The van der Waals surface area contributed by atoms with Crippen molar-refractivity contribution in [3.63, 3.8) is 0 Å². The SMILES string of the molecule is CC(C)CCC(=O)c1ccc2cc(O)ccc2c1. The van der Waals surface area contributed by atoms with E-state index in [1.54, 1.807) is 12.1 Å². The van der Waals surface area contributed by atoms with Gasteiger partial charge in [0.1, 0.15) is 5.75 Å².